The molecule has 0 aliphatic carbocycles. The summed E-state index contributed by atoms with van der Waals surface area (Å²) in [5, 5.41) is 20.5. The standard InChI is InChI=1S/C21H21N5O4/c1-30-21(29)16-13-25(10-11-27)20(28)19(16)22-15-8-6-14(7-9-15)12-26-18-5-3-2-4-17(18)23-24-26/h2-9,22,27H,10-13H2,1H3. The maximum atomic E-state index is 12.6. The van der Waals surface area contributed by atoms with Gasteiger partial charge in [0.2, 0.25) is 0 Å². The molecule has 0 atom stereocenters. The van der Waals surface area contributed by atoms with Crippen LogP contribution in [-0.4, -0.2) is 63.7 Å². The van der Waals surface area contributed by atoms with E-state index in [-0.39, 0.29) is 36.9 Å². The van der Waals surface area contributed by atoms with Gasteiger partial charge in [0, 0.05) is 12.2 Å². The fraction of sp³-hybridized carbons (Fsp3) is 0.238. The van der Waals surface area contributed by atoms with Crippen LogP contribution < -0.4 is 5.32 Å². The molecular formula is C21H21N5O4. The van der Waals surface area contributed by atoms with Gasteiger partial charge in [-0.3, -0.25) is 4.79 Å². The highest BCUT2D eigenvalue weighted by molar-refractivity contribution is 6.08. The zero-order chi connectivity index (χ0) is 21.1. The predicted octanol–water partition coefficient (Wildman–Crippen LogP) is 1.15. The summed E-state index contributed by atoms with van der Waals surface area (Å²) in [5.41, 5.74) is 3.88. The normalized spacial score (nSPS) is 13.9. The number of carbonyl (C=O) groups excluding carboxylic acids is 2. The monoisotopic (exact) mass is 407 g/mol. The van der Waals surface area contributed by atoms with Crippen molar-refractivity contribution in [1.82, 2.24) is 19.9 Å². The Morgan fingerprint density at radius 1 is 1.20 bits per heavy atom. The van der Waals surface area contributed by atoms with Gasteiger partial charge < -0.3 is 20.1 Å². The maximum absolute atomic E-state index is 12.6. The second kappa shape index (κ2) is 8.34. The summed E-state index contributed by atoms with van der Waals surface area (Å²) in [6.07, 6.45) is 0. The van der Waals surface area contributed by atoms with Gasteiger partial charge in [-0.15, -0.1) is 5.10 Å². The molecule has 0 saturated heterocycles. The molecule has 2 aromatic carbocycles. The second-order valence-corrected chi connectivity index (χ2v) is 6.85. The Hall–Kier alpha value is -3.72. The van der Waals surface area contributed by atoms with E-state index in [1.165, 1.54) is 12.0 Å². The van der Waals surface area contributed by atoms with Gasteiger partial charge in [-0.1, -0.05) is 29.5 Å². The molecule has 0 unspecified atom stereocenters. The van der Waals surface area contributed by atoms with Crippen LogP contribution in [0.25, 0.3) is 11.0 Å². The van der Waals surface area contributed by atoms with E-state index in [0.717, 1.165) is 16.6 Å². The van der Waals surface area contributed by atoms with Gasteiger partial charge in [0.1, 0.15) is 11.2 Å². The van der Waals surface area contributed by atoms with Crippen molar-refractivity contribution < 1.29 is 19.4 Å². The van der Waals surface area contributed by atoms with Gasteiger partial charge in [0.25, 0.3) is 5.91 Å². The molecule has 4 rings (SSSR count). The lowest BCUT2D eigenvalue weighted by Gasteiger charge is -2.15. The Labute approximate surface area is 172 Å². The number of amides is 1. The highest BCUT2D eigenvalue weighted by atomic mass is 16.5. The van der Waals surface area contributed by atoms with E-state index in [4.69, 9.17) is 9.84 Å². The zero-order valence-corrected chi connectivity index (χ0v) is 16.4. The number of hydrogen-bond donors (Lipinski definition) is 2. The van der Waals surface area contributed by atoms with Crippen molar-refractivity contribution in [1.29, 1.82) is 0 Å². The van der Waals surface area contributed by atoms with Gasteiger partial charge in [-0.2, -0.15) is 0 Å². The van der Waals surface area contributed by atoms with Crippen LogP contribution >= 0.6 is 0 Å². The van der Waals surface area contributed by atoms with E-state index < -0.39 is 5.97 Å². The summed E-state index contributed by atoms with van der Waals surface area (Å²) < 4.78 is 6.62. The summed E-state index contributed by atoms with van der Waals surface area (Å²) in [6.45, 7) is 0.625. The van der Waals surface area contributed by atoms with Crippen molar-refractivity contribution in [3.8, 4) is 0 Å². The van der Waals surface area contributed by atoms with E-state index >= 15 is 0 Å². The molecule has 0 fully saturated rings. The van der Waals surface area contributed by atoms with E-state index in [1.807, 2.05) is 53.2 Å². The molecule has 9 heteroatoms. The summed E-state index contributed by atoms with van der Waals surface area (Å²) in [6, 6.07) is 15.2. The lowest BCUT2D eigenvalue weighted by molar-refractivity contribution is -0.136. The van der Waals surface area contributed by atoms with Crippen LogP contribution in [-0.2, 0) is 20.9 Å². The largest absolute Gasteiger partial charge is 0.466 e. The van der Waals surface area contributed by atoms with Crippen molar-refractivity contribution in [2.75, 3.05) is 32.1 Å². The molecule has 1 aliphatic rings. The first kappa shape index (κ1) is 19.6. The Morgan fingerprint density at radius 2 is 1.97 bits per heavy atom. The van der Waals surface area contributed by atoms with Crippen LogP contribution in [0.2, 0.25) is 0 Å². The number of esters is 1. The van der Waals surface area contributed by atoms with Gasteiger partial charge in [0.15, 0.2) is 0 Å². The zero-order valence-electron chi connectivity index (χ0n) is 16.4. The third-order valence-corrected chi connectivity index (χ3v) is 4.93. The minimum atomic E-state index is -0.569. The number of carbonyl (C=O) groups is 2. The van der Waals surface area contributed by atoms with Crippen molar-refractivity contribution in [3.05, 3.63) is 65.4 Å². The first-order valence-corrected chi connectivity index (χ1v) is 9.46. The lowest BCUT2D eigenvalue weighted by Crippen LogP contribution is -2.31. The van der Waals surface area contributed by atoms with Gasteiger partial charge >= 0.3 is 5.97 Å². The number of β-amino-alcohol motifs (C(OH)–C–C–N with tert-alkyl or cyclic N) is 1. The quantitative estimate of drug-likeness (QED) is 0.566. The number of aliphatic hydroxyl groups excluding tert-OH is 1. The number of aliphatic hydroxyl groups is 1. The molecule has 0 bridgehead atoms. The molecule has 9 nitrogen and oxygen atoms in total. The minimum Gasteiger partial charge on any atom is -0.466 e. The fourth-order valence-electron chi connectivity index (χ4n) is 3.39. The van der Waals surface area contributed by atoms with Crippen LogP contribution in [0.15, 0.2) is 59.8 Å². The van der Waals surface area contributed by atoms with Gasteiger partial charge in [-0.25, -0.2) is 9.48 Å². The number of methoxy groups -OCH3 is 1. The molecular weight excluding hydrogens is 386 g/mol. The first-order chi connectivity index (χ1) is 14.6. The van der Waals surface area contributed by atoms with Crippen LogP contribution in [0, 0.1) is 0 Å². The van der Waals surface area contributed by atoms with Crippen LogP contribution in [0.4, 0.5) is 5.69 Å². The van der Waals surface area contributed by atoms with E-state index in [2.05, 4.69) is 15.6 Å². The number of aromatic nitrogens is 3. The summed E-state index contributed by atoms with van der Waals surface area (Å²) in [5.74, 6) is -0.913. The molecule has 30 heavy (non-hydrogen) atoms. The van der Waals surface area contributed by atoms with Gasteiger partial charge in [-0.05, 0) is 29.8 Å². The number of fused-ring (bicyclic) bond motifs is 1. The van der Waals surface area contributed by atoms with E-state index in [0.29, 0.717) is 12.2 Å². The predicted molar refractivity (Wildman–Crippen MR) is 109 cm³/mol. The summed E-state index contributed by atoms with van der Waals surface area (Å²) >= 11 is 0. The Balaban J connectivity index is 1.52. The van der Waals surface area contributed by atoms with E-state index in [9.17, 15) is 9.59 Å². The number of nitrogens with zero attached hydrogens (tertiary/aromatic N) is 4. The maximum Gasteiger partial charge on any atom is 0.337 e. The molecule has 2 N–H and O–H groups in total. The number of nitrogens with one attached hydrogen (secondary N) is 1. The Bertz CT molecular complexity index is 1120. The van der Waals surface area contributed by atoms with Crippen molar-refractivity contribution in [3.63, 3.8) is 0 Å². The highest BCUT2D eigenvalue weighted by Gasteiger charge is 2.34. The Kier molecular flexibility index (Phi) is 5.44. The number of benzene rings is 2. The van der Waals surface area contributed by atoms with Crippen molar-refractivity contribution >= 4 is 28.6 Å². The average Bonchev–Trinajstić information content (AvgIpc) is 3.31. The number of rotatable bonds is 7. The topological polar surface area (TPSA) is 110 Å². The van der Waals surface area contributed by atoms with Crippen molar-refractivity contribution in [2.45, 2.75) is 6.54 Å². The number of hydrogen-bond acceptors (Lipinski definition) is 7. The van der Waals surface area contributed by atoms with Crippen molar-refractivity contribution in [2.24, 2.45) is 0 Å². The fourth-order valence-corrected chi connectivity index (χ4v) is 3.39. The highest BCUT2D eigenvalue weighted by Crippen LogP contribution is 2.23. The molecule has 1 aromatic heterocycles. The Morgan fingerprint density at radius 3 is 2.70 bits per heavy atom. The third-order valence-electron chi connectivity index (χ3n) is 4.93. The SMILES string of the molecule is COC(=O)C1=C(Nc2ccc(Cn3nnc4ccccc43)cc2)C(=O)N(CCO)C1. The summed E-state index contributed by atoms with van der Waals surface area (Å²) in [4.78, 5) is 26.1. The number of anilines is 1. The molecule has 0 saturated carbocycles. The van der Waals surface area contributed by atoms with Gasteiger partial charge in [0.05, 0.1) is 37.9 Å². The number of ether oxygens (including phenoxy) is 1. The first-order valence-electron chi connectivity index (χ1n) is 9.46. The molecule has 154 valence electrons. The molecule has 3 aromatic rings. The molecule has 2 heterocycles. The van der Waals surface area contributed by atoms with E-state index in [1.54, 1.807) is 0 Å². The van der Waals surface area contributed by atoms with Crippen LogP contribution in [0.5, 0.6) is 0 Å². The smallest absolute Gasteiger partial charge is 0.337 e. The molecule has 0 radical (unpaired) electrons. The summed E-state index contributed by atoms with van der Waals surface area (Å²) in [7, 11) is 1.27. The molecule has 1 amide bonds. The molecule has 0 spiro atoms. The third kappa shape index (κ3) is 3.74. The minimum absolute atomic E-state index is 0.103. The van der Waals surface area contributed by atoms with Crippen LogP contribution in [0.1, 0.15) is 5.56 Å². The van der Waals surface area contributed by atoms with Crippen LogP contribution in [0.3, 0.4) is 0 Å². The number of para-hydroxylation sites is 1. The molecule has 1 aliphatic heterocycles. The second-order valence-electron chi connectivity index (χ2n) is 6.85. The average molecular weight is 407 g/mol. The lowest BCUT2D eigenvalue weighted by atomic mass is 10.2.